The van der Waals surface area contributed by atoms with Crippen LogP contribution >= 0.6 is 0 Å². The average molecular weight is 202 g/mol. The van der Waals surface area contributed by atoms with Crippen molar-refractivity contribution in [1.82, 2.24) is 0 Å². The molecule has 0 radical (unpaired) electrons. The number of hydrogen-bond donors (Lipinski definition) is 1. The van der Waals surface area contributed by atoms with E-state index in [2.05, 4.69) is 0 Å². The van der Waals surface area contributed by atoms with E-state index in [1.165, 1.54) is 0 Å². The van der Waals surface area contributed by atoms with E-state index in [1.54, 1.807) is 6.92 Å². The first-order valence-corrected chi connectivity index (χ1v) is 4.48. The number of carbonyl (C=O) groups is 1. The normalized spacial score (nSPS) is 22.2. The maximum Gasteiger partial charge on any atom is 0.307 e. The van der Waals surface area contributed by atoms with Crippen LogP contribution in [0.2, 0.25) is 0 Å². The highest BCUT2D eigenvalue weighted by Crippen LogP contribution is 2.30. The van der Waals surface area contributed by atoms with Crippen LogP contribution in [-0.2, 0) is 4.79 Å². The smallest absolute Gasteiger partial charge is 0.307 e. The van der Waals surface area contributed by atoms with Crippen molar-refractivity contribution in [3.8, 4) is 0 Å². The van der Waals surface area contributed by atoms with E-state index in [-0.39, 0.29) is 12.8 Å². The van der Waals surface area contributed by atoms with E-state index in [9.17, 15) is 13.6 Å². The summed E-state index contributed by atoms with van der Waals surface area (Å²) in [7, 11) is 0. The van der Waals surface area contributed by atoms with Crippen molar-refractivity contribution in [1.29, 1.82) is 0 Å². The first-order valence-electron chi connectivity index (χ1n) is 4.48. The Morgan fingerprint density at radius 3 is 2.86 bits per heavy atom. The van der Waals surface area contributed by atoms with Crippen LogP contribution in [0.5, 0.6) is 0 Å². The highest BCUT2D eigenvalue weighted by Gasteiger charge is 2.22. The Morgan fingerprint density at radius 2 is 2.36 bits per heavy atom. The second-order valence-electron chi connectivity index (χ2n) is 3.25. The van der Waals surface area contributed by atoms with Gasteiger partial charge >= 0.3 is 5.97 Å². The minimum atomic E-state index is -1.59. The molecule has 0 amide bonds. The Bertz CT molecular complexity index is 305. The second kappa shape index (κ2) is 4.35. The molecule has 0 heterocycles. The van der Waals surface area contributed by atoms with Crippen LogP contribution < -0.4 is 0 Å². The van der Waals surface area contributed by atoms with Gasteiger partial charge in [0.2, 0.25) is 0 Å². The monoisotopic (exact) mass is 202 g/mol. The summed E-state index contributed by atoms with van der Waals surface area (Å²) >= 11 is 0. The summed E-state index contributed by atoms with van der Waals surface area (Å²) in [5.41, 5.74) is 1.10. The molecule has 0 fully saturated rings. The number of carboxylic acids is 1. The molecule has 1 aliphatic rings. The summed E-state index contributed by atoms with van der Waals surface area (Å²) in [5.74, 6) is -1.88. The lowest BCUT2D eigenvalue weighted by Gasteiger charge is -2.17. The Labute approximate surface area is 80.9 Å². The maximum atomic E-state index is 12.9. The van der Waals surface area contributed by atoms with Gasteiger partial charge in [0.25, 0.3) is 0 Å². The molecule has 0 aromatic rings. The van der Waals surface area contributed by atoms with Crippen LogP contribution in [0.3, 0.4) is 0 Å². The number of carboxylic acid groups (broad SMARTS) is 1. The summed E-state index contributed by atoms with van der Waals surface area (Å²) in [6.45, 7) is 1.81. The molecule has 0 bridgehead atoms. The highest BCUT2D eigenvalue weighted by atomic mass is 19.2. The predicted molar refractivity (Wildman–Crippen MR) is 48.3 cm³/mol. The molecule has 1 rings (SSSR count). The molecule has 4 heteroatoms. The minimum Gasteiger partial charge on any atom is -0.481 e. The van der Waals surface area contributed by atoms with E-state index >= 15 is 0 Å². The topological polar surface area (TPSA) is 37.3 Å². The van der Waals surface area contributed by atoms with Crippen molar-refractivity contribution in [3.05, 3.63) is 23.0 Å². The SMILES string of the molecule is CCC1=C(CC(=O)O)C=C(F)C(F)C1. The number of alkyl halides is 1. The number of aliphatic carboxylic acids is 1. The Morgan fingerprint density at radius 1 is 1.71 bits per heavy atom. The van der Waals surface area contributed by atoms with Crippen LogP contribution in [0.15, 0.2) is 23.0 Å². The van der Waals surface area contributed by atoms with Gasteiger partial charge in [-0.05, 0) is 18.1 Å². The van der Waals surface area contributed by atoms with E-state index in [0.29, 0.717) is 17.6 Å². The number of halogens is 2. The maximum absolute atomic E-state index is 12.9. The van der Waals surface area contributed by atoms with Crippen molar-refractivity contribution in [3.63, 3.8) is 0 Å². The lowest BCUT2D eigenvalue weighted by Crippen LogP contribution is -2.11. The van der Waals surface area contributed by atoms with Crippen LogP contribution in [0.1, 0.15) is 26.2 Å². The fraction of sp³-hybridized carbons (Fsp3) is 0.500. The molecule has 0 saturated carbocycles. The molecule has 0 aliphatic heterocycles. The van der Waals surface area contributed by atoms with Crippen LogP contribution in [0.4, 0.5) is 8.78 Å². The molecule has 2 nitrogen and oxygen atoms in total. The largest absolute Gasteiger partial charge is 0.481 e. The minimum absolute atomic E-state index is 0.0125. The van der Waals surface area contributed by atoms with E-state index in [0.717, 1.165) is 6.08 Å². The van der Waals surface area contributed by atoms with E-state index in [4.69, 9.17) is 5.11 Å². The molecule has 0 aromatic carbocycles. The molecular weight excluding hydrogens is 190 g/mol. The average Bonchev–Trinajstić information content (AvgIpc) is 2.10. The van der Waals surface area contributed by atoms with Gasteiger partial charge in [-0.25, -0.2) is 8.78 Å². The fourth-order valence-electron chi connectivity index (χ4n) is 1.51. The third-order valence-electron chi connectivity index (χ3n) is 2.26. The molecule has 78 valence electrons. The van der Waals surface area contributed by atoms with Crippen LogP contribution in [0, 0.1) is 0 Å². The third-order valence-corrected chi connectivity index (χ3v) is 2.26. The first kappa shape index (κ1) is 10.9. The summed E-state index contributed by atoms with van der Waals surface area (Å²) < 4.78 is 25.7. The lowest BCUT2D eigenvalue weighted by molar-refractivity contribution is -0.136. The van der Waals surface area contributed by atoms with Crippen molar-refractivity contribution < 1.29 is 18.7 Å². The Balaban J connectivity index is 2.92. The summed E-state index contributed by atoms with van der Waals surface area (Å²) in [6, 6.07) is 0. The Hall–Kier alpha value is -1.19. The van der Waals surface area contributed by atoms with Gasteiger partial charge in [0, 0.05) is 6.42 Å². The van der Waals surface area contributed by atoms with Gasteiger partial charge in [0.1, 0.15) is 5.83 Å². The van der Waals surface area contributed by atoms with Gasteiger partial charge < -0.3 is 5.11 Å². The zero-order valence-corrected chi connectivity index (χ0v) is 7.89. The zero-order valence-electron chi connectivity index (χ0n) is 7.89. The first-order chi connectivity index (χ1) is 6.54. The van der Waals surface area contributed by atoms with Crippen molar-refractivity contribution in [2.45, 2.75) is 32.4 Å². The van der Waals surface area contributed by atoms with Gasteiger partial charge in [0.05, 0.1) is 6.42 Å². The van der Waals surface area contributed by atoms with Crippen LogP contribution in [0.25, 0.3) is 0 Å². The molecule has 1 aliphatic carbocycles. The number of rotatable bonds is 3. The standard InChI is InChI=1S/C10H12F2O2/c1-2-6-3-8(11)9(12)4-7(6)5-10(13)14/h4,8H,2-3,5H2,1H3,(H,13,14). The van der Waals surface area contributed by atoms with Gasteiger partial charge in [-0.1, -0.05) is 12.5 Å². The van der Waals surface area contributed by atoms with E-state index < -0.39 is 18.0 Å². The van der Waals surface area contributed by atoms with E-state index in [1.807, 2.05) is 0 Å². The zero-order chi connectivity index (χ0) is 10.7. The molecule has 0 saturated heterocycles. The Kier molecular flexibility index (Phi) is 3.38. The van der Waals surface area contributed by atoms with Crippen molar-refractivity contribution >= 4 is 5.97 Å². The van der Waals surface area contributed by atoms with Crippen molar-refractivity contribution in [2.24, 2.45) is 0 Å². The summed E-state index contributed by atoms with van der Waals surface area (Å²) in [5, 5.41) is 8.55. The molecule has 1 N–H and O–H groups in total. The van der Waals surface area contributed by atoms with Gasteiger partial charge in [-0.3, -0.25) is 4.79 Å². The predicted octanol–water partition coefficient (Wildman–Crippen LogP) is 2.76. The number of hydrogen-bond acceptors (Lipinski definition) is 1. The van der Waals surface area contributed by atoms with Gasteiger partial charge in [-0.2, -0.15) is 0 Å². The molecule has 14 heavy (non-hydrogen) atoms. The molecule has 1 atom stereocenters. The summed E-state index contributed by atoms with van der Waals surface area (Å²) in [6.07, 6.45) is -0.263. The molecular formula is C10H12F2O2. The highest BCUT2D eigenvalue weighted by molar-refractivity contribution is 5.71. The third kappa shape index (κ3) is 2.40. The van der Waals surface area contributed by atoms with Crippen LogP contribution in [-0.4, -0.2) is 17.2 Å². The molecule has 0 spiro atoms. The molecule has 1 unspecified atom stereocenters. The summed E-state index contributed by atoms with van der Waals surface area (Å²) in [4.78, 5) is 10.4. The fourth-order valence-corrected chi connectivity index (χ4v) is 1.51. The second-order valence-corrected chi connectivity index (χ2v) is 3.25. The van der Waals surface area contributed by atoms with Gasteiger partial charge in [-0.15, -0.1) is 0 Å². The van der Waals surface area contributed by atoms with Gasteiger partial charge in [0.15, 0.2) is 6.17 Å². The quantitative estimate of drug-likeness (QED) is 0.764. The lowest BCUT2D eigenvalue weighted by atomic mass is 9.92. The van der Waals surface area contributed by atoms with Crippen molar-refractivity contribution in [2.75, 3.05) is 0 Å². The number of allylic oxidation sites excluding steroid dienone is 3. The molecule has 0 aromatic heterocycles.